The Balaban J connectivity index is 1.64. The fraction of sp³-hybridized carbons (Fsp3) is 0.300. The van der Waals surface area contributed by atoms with Gasteiger partial charge in [-0.1, -0.05) is 30.6 Å². The second kappa shape index (κ2) is 8.39. The van der Waals surface area contributed by atoms with E-state index in [1.807, 2.05) is 13.8 Å². The Hall–Kier alpha value is -2.93. The molecule has 2 amide bonds. The first-order chi connectivity index (χ1) is 13.4. The zero-order valence-corrected chi connectivity index (χ0v) is 16.6. The van der Waals surface area contributed by atoms with Crippen molar-refractivity contribution in [2.45, 2.75) is 26.7 Å². The molecule has 0 bridgehead atoms. The summed E-state index contributed by atoms with van der Waals surface area (Å²) in [5, 5.41) is 10.7. The predicted octanol–water partition coefficient (Wildman–Crippen LogP) is 3.47. The Bertz CT molecular complexity index is 1010. The molecule has 146 valence electrons. The van der Waals surface area contributed by atoms with Crippen molar-refractivity contribution in [1.29, 1.82) is 0 Å². The van der Waals surface area contributed by atoms with Crippen molar-refractivity contribution in [3.63, 3.8) is 0 Å². The summed E-state index contributed by atoms with van der Waals surface area (Å²) in [6.07, 6.45) is 0. The molecule has 3 aromatic rings. The highest BCUT2D eigenvalue weighted by Gasteiger charge is 2.19. The average molecular weight is 401 g/mol. The average Bonchev–Trinajstić information content (AvgIpc) is 3.05. The first kappa shape index (κ1) is 19.8. The van der Waals surface area contributed by atoms with Gasteiger partial charge in [-0.05, 0) is 43.2 Å². The summed E-state index contributed by atoms with van der Waals surface area (Å²) in [7, 11) is 0. The van der Waals surface area contributed by atoms with Gasteiger partial charge in [-0.2, -0.15) is 0 Å². The van der Waals surface area contributed by atoms with Crippen molar-refractivity contribution in [2.24, 2.45) is 0 Å². The Kier molecular flexibility index (Phi) is 5.94. The minimum Gasteiger partial charge on any atom is -0.350 e. The van der Waals surface area contributed by atoms with E-state index in [4.69, 9.17) is 16.1 Å². The number of amides is 2. The highest BCUT2D eigenvalue weighted by molar-refractivity contribution is 6.30. The molecule has 0 unspecified atom stereocenters. The van der Waals surface area contributed by atoms with Crippen LogP contribution in [-0.2, 0) is 0 Å². The predicted molar refractivity (Wildman–Crippen MR) is 107 cm³/mol. The molecule has 0 saturated heterocycles. The molecule has 0 aliphatic rings. The van der Waals surface area contributed by atoms with Crippen molar-refractivity contribution < 1.29 is 14.1 Å². The zero-order chi connectivity index (χ0) is 20.3. The molecule has 0 aliphatic heterocycles. The Morgan fingerprint density at radius 1 is 1.11 bits per heavy atom. The largest absolute Gasteiger partial charge is 0.350 e. The number of pyridine rings is 1. The Morgan fingerprint density at radius 3 is 2.39 bits per heavy atom. The number of halogens is 1. The smallest absolute Gasteiger partial charge is 0.259 e. The number of aromatic nitrogens is 2. The molecule has 0 atom stereocenters. The highest BCUT2D eigenvalue weighted by Crippen LogP contribution is 2.24. The van der Waals surface area contributed by atoms with E-state index in [1.165, 1.54) is 0 Å². The van der Waals surface area contributed by atoms with E-state index < -0.39 is 0 Å². The molecule has 0 fully saturated rings. The fourth-order valence-corrected chi connectivity index (χ4v) is 2.87. The minimum atomic E-state index is -0.263. The van der Waals surface area contributed by atoms with Crippen LogP contribution >= 0.6 is 11.6 Å². The van der Waals surface area contributed by atoms with Crippen LogP contribution in [0.1, 0.15) is 51.9 Å². The molecule has 2 heterocycles. The molecular weight excluding hydrogens is 380 g/mol. The van der Waals surface area contributed by atoms with Gasteiger partial charge in [0.2, 0.25) is 0 Å². The van der Waals surface area contributed by atoms with Crippen molar-refractivity contribution in [1.82, 2.24) is 20.8 Å². The molecule has 3 rings (SSSR count). The quantitative estimate of drug-likeness (QED) is 0.617. The lowest BCUT2D eigenvalue weighted by atomic mass is 10.0. The van der Waals surface area contributed by atoms with Crippen LogP contribution in [0, 0.1) is 6.92 Å². The SMILES string of the molecule is Cc1noc2nc(C(C)C)cc(C(=O)NCCNC(=O)c3ccc(Cl)cc3)c12. The summed E-state index contributed by atoms with van der Waals surface area (Å²) in [6.45, 7) is 6.33. The number of aryl methyl sites for hydroxylation is 1. The second-order valence-electron chi connectivity index (χ2n) is 6.72. The van der Waals surface area contributed by atoms with Crippen molar-refractivity contribution in [3.05, 3.63) is 57.9 Å². The summed E-state index contributed by atoms with van der Waals surface area (Å²) < 4.78 is 5.24. The van der Waals surface area contributed by atoms with Gasteiger partial charge in [0.05, 0.1) is 16.6 Å². The molecule has 8 heteroatoms. The number of hydrogen-bond acceptors (Lipinski definition) is 5. The van der Waals surface area contributed by atoms with Crippen LogP contribution in [0.3, 0.4) is 0 Å². The second-order valence-corrected chi connectivity index (χ2v) is 7.15. The summed E-state index contributed by atoms with van der Waals surface area (Å²) >= 11 is 5.82. The lowest BCUT2D eigenvalue weighted by Crippen LogP contribution is -2.34. The zero-order valence-electron chi connectivity index (χ0n) is 15.9. The molecule has 0 spiro atoms. The maximum Gasteiger partial charge on any atom is 0.259 e. The van der Waals surface area contributed by atoms with E-state index in [0.717, 1.165) is 5.69 Å². The minimum absolute atomic E-state index is 0.139. The lowest BCUT2D eigenvalue weighted by Gasteiger charge is -2.10. The third-order valence-electron chi connectivity index (χ3n) is 4.28. The molecule has 2 N–H and O–H groups in total. The van der Waals surface area contributed by atoms with Gasteiger partial charge in [0.25, 0.3) is 17.5 Å². The number of benzene rings is 1. The van der Waals surface area contributed by atoms with Crippen molar-refractivity contribution >= 4 is 34.5 Å². The number of nitrogens with one attached hydrogen (secondary N) is 2. The number of rotatable bonds is 6. The number of carbonyl (C=O) groups is 2. The first-order valence-corrected chi connectivity index (χ1v) is 9.33. The maximum absolute atomic E-state index is 12.7. The van der Waals surface area contributed by atoms with Gasteiger partial charge in [0.1, 0.15) is 0 Å². The van der Waals surface area contributed by atoms with Gasteiger partial charge >= 0.3 is 0 Å². The Morgan fingerprint density at radius 2 is 1.75 bits per heavy atom. The van der Waals surface area contributed by atoms with E-state index >= 15 is 0 Å². The van der Waals surface area contributed by atoms with Crippen molar-refractivity contribution in [3.8, 4) is 0 Å². The van der Waals surface area contributed by atoms with Gasteiger partial charge in [0.15, 0.2) is 0 Å². The van der Waals surface area contributed by atoms with Crippen LogP contribution in [-0.4, -0.2) is 35.0 Å². The highest BCUT2D eigenvalue weighted by atomic mass is 35.5. The van der Waals surface area contributed by atoms with E-state index in [2.05, 4.69) is 20.8 Å². The first-order valence-electron chi connectivity index (χ1n) is 8.95. The van der Waals surface area contributed by atoms with E-state index in [-0.39, 0.29) is 24.3 Å². The van der Waals surface area contributed by atoms with Gasteiger partial charge in [-0.3, -0.25) is 9.59 Å². The number of fused-ring (bicyclic) bond motifs is 1. The summed E-state index contributed by atoms with van der Waals surface area (Å²) in [4.78, 5) is 29.2. The molecular formula is C20H21ClN4O3. The molecule has 0 saturated carbocycles. The topological polar surface area (TPSA) is 97.1 Å². The van der Waals surface area contributed by atoms with Crippen LogP contribution in [0.2, 0.25) is 5.02 Å². The van der Waals surface area contributed by atoms with E-state index in [1.54, 1.807) is 37.3 Å². The number of carbonyl (C=O) groups excluding carboxylic acids is 2. The van der Waals surface area contributed by atoms with Crippen LogP contribution in [0.15, 0.2) is 34.9 Å². The number of hydrogen-bond donors (Lipinski definition) is 2. The van der Waals surface area contributed by atoms with E-state index in [9.17, 15) is 9.59 Å². The van der Waals surface area contributed by atoms with Crippen LogP contribution in [0.4, 0.5) is 0 Å². The molecule has 28 heavy (non-hydrogen) atoms. The Labute approximate surface area is 167 Å². The molecule has 1 aromatic carbocycles. The van der Waals surface area contributed by atoms with Gasteiger partial charge in [0, 0.05) is 29.4 Å². The molecule has 7 nitrogen and oxygen atoms in total. The molecule has 0 aliphatic carbocycles. The van der Waals surface area contributed by atoms with Crippen molar-refractivity contribution in [2.75, 3.05) is 13.1 Å². The standard InChI is InChI=1S/C20H21ClN4O3/c1-11(2)16-10-15(17-12(3)25-28-20(17)24-16)19(27)23-9-8-22-18(26)13-4-6-14(21)7-5-13/h4-7,10-11H,8-9H2,1-3H3,(H,22,26)(H,23,27). The summed E-state index contributed by atoms with van der Waals surface area (Å²) in [5.74, 6) is -0.351. The van der Waals surface area contributed by atoms with Gasteiger partial charge < -0.3 is 15.2 Å². The molecule has 2 aromatic heterocycles. The third kappa shape index (κ3) is 4.31. The monoisotopic (exact) mass is 400 g/mol. The third-order valence-corrected chi connectivity index (χ3v) is 4.53. The summed E-state index contributed by atoms with van der Waals surface area (Å²) in [6, 6.07) is 8.36. The van der Waals surface area contributed by atoms with Gasteiger partial charge in [-0.15, -0.1) is 0 Å². The summed E-state index contributed by atoms with van der Waals surface area (Å²) in [5.41, 5.74) is 2.69. The van der Waals surface area contributed by atoms with Crippen LogP contribution in [0.5, 0.6) is 0 Å². The van der Waals surface area contributed by atoms with Gasteiger partial charge in [-0.25, -0.2) is 4.98 Å². The fourth-order valence-electron chi connectivity index (χ4n) is 2.74. The van der Waals surface area contributed by atoms with Crippen LogP contribution in [0.25, 0.3) is 11.1 Å². The van der Waals surface area contributed by atoms with E-state index in [0.29, 0.717) is 39.5 Å². The lowest BCUT2D eigenvalue weighted by molar-refractivity contribution is 0.0928. The normalized spacial score (nSPS) is 11.0. The molecule has 0 radical (unpaired) electrons. The maximum atomic E-state index is 12.7. The van der Waals surface area contributed by atoms with Crippen LogP contribution < -0.4 is 10.6 Å². The number of nitrogens with zero attached hydrogens (tertiary/aromatic N) is 2.